The minimum absolute atomic E-state index is 0.320. The summed E-state index contributed by atoms with van der Waals surface area (Å²) in [6.45, 7) is 2.01. The van der Waals surface area contributed by atoms with Gasteiger partial charge in [-0.1, -0.05) is 23.8 Å². The number of benzene rings is 2. The molecule has 1 amide bonds. The van der Waals surface area contributed by atoms with Crippen LogP contribution in [0.5, 0.6) is 23.1 Å². The molecule has 0 aliphatic heterocycles. The lowest BCUT2D eigenvalue weighted by atomic mass is 10.1. The summed E-state index contributed by atoms with van der Waals surface area (Å²) < 4.78 is 16.2. The number of carbonyl (C=O) groups is 1. The standard InChI is InChI=1S/C21H20N2O4/c1-14-7-10-16(11-8-14)27-19-12-9-15(13-22-19)23-21(24)17-5-4-6-18(25-2)20(17)26-3/h4-13H,1-3H3,(H,23,24). The van der Waals surface area contributed by atoms with E-state index in [-0.39, 0.29) is 5.91 Å². The van der Waals surface area contributed by atoms with Gasteiger partial charge < -0.3 is 19.5 Å². The average molecular weight is 364 g/mol. The third-order valence-electron chi connectivity index (χ3n) is 3.89. The van der Waals surface area contributed by atoms with Crippen molar-refractivity contribution in [1.29, 1.82) is 0 Å². The molecule has 27 heavy (non-hydrogen) atoms. The van der Waals surface area contributed by atoms with Crippen LogP contribution in [0.1, 0.15) is 15.9 Å². The largest absolute Gasteiger partial charge is 0.493 e. The van der Waals surface area contributed by atoms with Crippen LogP contribution in [0.2, 0.25) is 0 Å². The van der Waals surface area contributed by atoms with Crippen LogP contribution in [0, 0.1) is 6.92 Å². The number of pyridine rings is 1. The van der Waals surface area contributed by atoms with Crippen LogP contribution in [-0.4, -0.2) is 25.1 Å². The van der Waals surface area contributed by atoms with Crippen LogP contribution < -0.4 is 19.5 Å². The molecule has 0 unspecified atom stereocenters. The Morgan fingerprint density at radius 2 is 1.74 bits per heavy atom. The van der Waals surface area contributed by atoms with Crippen molar-refractivity contribution in [3.63, 3.8) is 0 Å². The maximum Gasteiger partial charge on any atom is 0.259 e. The van der Waals surface area contributed by atoms with Gasteiger partial charge in [0.15, 0.2) is 11.5 Å². The van der Waals surface area contributed by atoms with E-state index in [4.69, 9.17) is 14.2 Å². The van der Waals surface area contributed by atoms with E-state index in [0.29, 0.717) is 34.4 Å². The van der Waals surface area contributed by atoms with Gasteiger partial charge in [0.1, 0.15) is 5.75 Å². The van der Waals surface area contributed by atoms with Crippen LogP contribution in [0.15, 0.2) is 60.8 Å². The van der Waals surface area contributed by atoms with Gasteiger partial charge in [0.25, 0.3) is 5.91 Å². The molecule has 1 heterocycles. The molecule has 0 atom stereocenters. The molecule has 0 aliphatic rings. The molecule has 0 spiro atoms. The molecule has 0 bridgehead atoms. The molecular weight excluding hydrogens is 344 g/mol. The Balaban J connectivity index is 1.71. The third kappa shape index (κ3) is 4.36. The minimum Gasteiger partial charge on any atom is -0.493 e. The van der Waals surface area contributed by atoms with Crippen LogP contribution in [0.4, 0.5) is 5.69 Å². The Hall–Kier alpha value is -3.54. The molecule has 6 heteroatoms. The molecule has 0 fully saturated rings. The summed E-state index contributed by atoms with van der Waals surface area (Å²) in [4.78, 5) is 16.8. The monoisotopic (exact) mass is 364 g/mol. The number of nitrogens with zero attached hydrogens (tertiary/aromatic N) is 1. The number of ether oxygens (including phenoxy) is 3. The highest BCUT2D eigenvalue weighted by Crippen LogP contribution is 2.31. The molecular formula is C21H20N2O4. The Morgan fingerprint density at radius 1 is 0.963 bits per heavy atom. The van der Waals surface area contributed by atoms with Crippen LogP contribution >= 0.6 is 0 Å². The van der Waals surface area contributed by atoms with Gasteiger partial charge in [-0.05, 0) is 37.3 Å². The number of hydrogen-bond acceptors (Lipinski definition) is 5. The van der Waals surface area contributed by atoms with Gasteiger partial charge in [-0.3, -0.25) is 4.79 Å². The van der Waals surface area contributed by atoms with Crippen LogP contribution in [0.3, 0.4) is 0 Å². The summed E-state index contributed by atoms with van der Waals surface area (Å²) in [5, 5.41) is 2.79. The number of aromatic nitrogens is 1. The van der Waals surface area contributed by atoms with E-state index in [9.17, 15) is 4.79 Å². The van der Waals surface area contributed by atoms with Crippen LogP contribution in [0.25, 0.3) is 0 Å². The molecule has 138 valence electrons. The molecule has 0 radical (unpaired) electrons. The summed E-state index contributed by atoms with van der Waals surface area (Å²) in [6.07, 6.45) is 1.54. The highest BCUT2D eigenvalue weighted by Gasteiger charge is 2.16. The first kappa shape index (κ1) is 18.3. The Bertz CT molecular complexity index is 922. The zero-order valence-corrected chi connectivity index (χ0v) is 15.4. The molecule has 0 saturated heterocycles. The Labute approximate surface area is 157 Å². The summed E-state index contributed by atoms with van der Waals surface area (Å²) in [5.41, 5.74) is 2.07. The molecule has 6 nitrogen and oxygen atoms in total. The first-order valence-electron chi connectivity index (χ1n) is 8.33. The molecule has 1 aromatic heterocycles. The van der Waals surface area contributed by atoms with Crippen molar-refractivity contribution >= 4 is 11.6 Å². The quantitative estimate of drug-likeness (QED) is 0.700. The summed E-state index contributed by atoms with van der Waals surface area (Å²) >= 11 is 0. The van der Waals surface area contributed by atoms with Crippen molar-refractivity contribution < 1.29 is 19.0 Å². The van der Waals surface area contributed by atoms with Gasteiger partial charge in [0, 0.05) is 6.07 Å². The summed E-state index contributed by atoms with van der Waals surface area (Å²) in [5.74, 6) is 1.69. The van der Waals surface area contributed by atoms with E-state index in [1.807, 2.05) is 31.2 Å². The Morgan fingerprint density at radius 3 is 2.37 bits per heavy atom. The number of rotatable bonds is 6. The van der Waals surface area contributed by atoms with Crippen molar-refractivity contribution in [1.82, 2.24) is 4.98 Å². The number of hydrogen-bond donors (Lipinski definition) is 1. The number of aryl methyl sites for hydroxylation is 1. The van der Waals surface area contributed by atoms with E-state index < -0.39 is 0 Å². The molecule has 0 saturated carbocycles. The fourth-order valence-electron chi connectivity index (χ4n) is 2.51. The van der Waals surface area contributed by atoms with Crippen molar-refractivity contribution in [3.8, 4) is 23.1 Å². The molecule has 3 aromatic rings. The van der Waals surface area contributed by atoms with Gasteiger partial charge in [0.05, 0.1) is 31.7 Å². The average Bonchev–Trinajstić information content (AvgIpc) is 2.70. The molecule has 3 rings (SSSR count). The van der Waals surface area contributed by atoms with Crippen LogP contribution in [-0.2, 0) is 0 Å². The smallest absolute Gasteiger partial charge is 0.259 e. The maximum absolute atomic E-state index is 12.6. The molecule has 1 N–H and O–H groups in total. The second-order valence-corrected chi connectivity index (χ2v) is 5.80. The van der Waals surface area contributed by atoms with Crippen molar-refractivity contribution in [2.75, 3.05) is 19.5 Å². The first-order chi connectivity index (χ1) is 13.1. The fourth-order valence-corrected chi connectivity index (χ4v) is 2.51. The highest BCUT2D eigenvalue weighted by molar-refractivity contribution is 6.06. The lowest BCUT2D eigenvalue weighted by Gasteiger charge is -2.12. The van der Waals surface area contributed by atoms with Crippen molar-refractivity contribution in [3.05, 3.63) is 71.9 Å². The number of nitrogens with one attached hydrogen (secondary N) is 1. The number of carbonyl (C=O) groups excluding carboxylic acids is 1. The SMILES string of the molecule is COc1cccc(C(=O)Nc2ccc(Oc3ccc(C)cc3)nc2)c1OC. The maximum atomic E-state index is 12.6. The number of para-hydroxylation sites is 1. The fraction of sp³-hybridized carbons (Fsp3) is 0.143. The van der Waals surface area contributed by atoms with Gasteiger partial charge in [0.2, 0.25) is 5.88 Å². The van der Waals surface area contributed by atoms with Gasteiger partial charge in [-0.15, -0.1) is 0 Å². The predicted octanol–water partition coefficient (Wildman–Crippen LogP) is 4.45. The number of amides is 1. The van der Waals surface area contributed by atoms with E-state index in [0.717, 1.165) is 5.56 Å². The summed E-state index contributed by atoms with van der Waals surface area (Å²) in [6, 6.07) is 16.2. The molecule has 0 aliphatic carbocycles. The second kappa shape index (κ2) is 8.23. The van der Waals surface area contributed by atoms with E-state index in [1.54, 1.807) is 30.3 Å². The van der Waals surface area contributed by atoms with Crippen molar-refractivity contribution in [2.45, 2.75) is 6.92 Å². The van der Waals surface area contributed by atoms with E-state index in [2.05, 4.69) is 10.3 Å². The topological polar surface area (TPSA) is 69.7 Å². The lowest BCUT2D eigenvalue weighted by molar-refractivity contribution is 0.102. The van der Waals surface area contributed by atoms with Crippen molar-refractivity contribution in [2.24, 2.45) is 0 Å². The minimum atomic E-state index is -0.320. The Kier molecular flexibility index (Phi) is 5.56. The predicted molar refractivity (Wildman–Crippen MR) is 103 cm³/mol. The summed E-state index contributed by atoms with van der Waals surface area (Å²) in [7, 11) is 3.02. The van der Waals surface area contributed by atoms with Gasteiger partial charge >= 0.3 is 0 Å². The highest BCUT2D eigenvalue weighted by atomic mass is 16.5. The zero-order chi connectivity index (χ0) is 19.2. The van der Waals surface area contributed by atoms with E-state index >= 15 is 0 Å². The van der Waals surface area contributed by atoms with E-state index in [1.165, 1.54) is 20.4 Å². The zero-order valence-electron chi connectivity index (χ0n) is 15.4. The number of anilines is 1. The van der Waals surface area contributed by atoms with Gasteiger partial charge in [-0.25, -0.2) is 4.98 Å². The second-order valence-electron chi connectivity index (χ2n) is 5.80. The normalized spacial score (nSPS) is 10.2. The first-order valence-corrected chi connectivity index (χ1v) is 8.33. The lowest BCUT2D eigenvalue weighted by Crippen LogP contribution is -2.13. The number of methoxy groups -OCH3 is 2. The molecule has 2 aromatic carbocycles. The van der Waals surface area contributed by atoms with Gasteiger partial charge in [-0.2, -0.15) is 0 Å². The third-order valence-corrected chi connectivity index (χ3v) is 3.89.